The first-order valence-electron chi connectivity index (χ1n) is 11.2. The number of nitrogens with zero attached hydrogens (tertiary/aromatic N) is 2. The zero-order valence-corrected chi connectivity index (χ0v) is 20.6. The summed E-state index contributed by atoms with van der Waals surface area (Å²) in [6.07, 6.45) is 1.25. The summed E-state index contributed by atoms with van der Waals surface area (Å²) in [6.45, 7) is 8.07. The third-order valence-corrected chi connectivity index (χ3v) is 8.96. The molecular weight excluding hydrogens is 438 g/mol. The molecule has 4 rings (SSSR count). The fourth-order valence-corrected chi connectivity index (χ4v) is 6.31. The van der Waals surface area contributed by atoms with Crippen molar-refractivity contribution in [2.75, 3.05) is 30.4 Å². The molecule has 7 nitrogen and oxygen atoms in total. The Morgan fingerprint density at radius 2 is 1.88 bits per heavy atom. The molecule has 2 aliphatic rings. The lowest BCUT2D eigenvalue weighted by atomic mass is 9.86. The van der Waals surface area contributed by atoms with E-state index < -0.39 is 21.4 Å². The van der Waals surface area contributed by atoms with Gasteiger partial charge in [0.2, 0.25) is 21.8 Å². The lowest BCUT2D eigenvalue weighted by Crippen LogP contribution is -2.43. The molecule has 0 radical (unpaired) electrons. The van der Waals surface area contributed by atoms with Crippen LogP contribution in [0, 0.1) is 19.8 Å². The second-order valence-electron chi connectivity index (χ2n) is 9.61. The molecule has 1 saturated heterocycles. The topological polar surface area (TPSA) is 86.8 Å². The van der Waals surface area contributed by atoms with Crippen LogP contribution in [-0.4, -0.2) is 44.7 Å². The zero-order valence-electron chi connectivity index (χ0n) is 19.8. The Bertz CT molecular complexity index is 1240. The van der Waals surface area contributed by atoms with Gasteiger partial charge in [-0.25, -0.2) is 8.42 Å². The summed E-state index contributed by atoms with van der Waals surface area (Å²) in [5.41, 5.74) is 3.50. The Morgan fingerprint density at radius 1 is 1.15 bits per heavy atom. The molecule has 2 amide bonds. The van der Waals surface area contributed by atoms with Crippen LogP contribution in [0.2, 0.25) is 0 Å². The van der Waals surface area contributed by atoms with Crippen molar-refractivity contribution in [3.05, 3.63) is 53.1 Å². The minimum atomic E-state index is -3.80. The first-order valence-corrected chi connectivity index (χ1v) is 12.7. The van der Waals surface area contributed by atoms with Crippen molar-refractivity contribution in [2.24, 2.45) is 5.92 Å². The van der Waals surface area contributed by atoms with E-state index in [1.54, 1.807) is 30.1 Å². The van der Waals surface area contributed by atoms with E-state index in [1.807, 2.05) is 45.9 Å². The molecule has 0 spiro atoms. The minimum absolute atomic E-state index is 0.0619. The first-order chi connectivity index (χ1) is 15.4. The summed E-state index contributed by atoms with van der Waals surface area (Å²) in [5, 5.41) is 2.98. The van der Waals surface area contributed by atoms with Crippen molar-refractivity contribution in [3.8, 4) is 0 Å². The fourth-order valence-electron chi connectivity index (χ4n) is 4.76. The van der Waals surface area contributed by atoms with E-state index in [0.717, 1.165) is 22.5 Å². The Labute approximate surface area is 195 Å². The maximum atomic E-state index is 13.5. The van der Waals surface area contributed by atoms with Crippen LogP contribution in [0.4, 0.5) is 11.4 Å². The van der Waals surface area contributed by atoms with Crippen LogP contribution in [0.15, 0.2) is 41.3 Å². The highest BCUT2D eigenvalue weighted by Gasteiger charge is 2.43. The van der Waals surface area contributed by atoms with Gasteiger partial charge in [-0.15, -0.1) is 0 Å². The molecular formula is C25H31N3O4S. The zero-order chi connectivity index (χ0) is 24.1. The number of amides is 2. The van der Waals surface area contributed by atoms with Crippen molar-refractivity contribution in [2.45, 2.75) is 50.8 Å². The van der Waals surface area contributed by atoms with Crippen LogP contribution in [0.5, 0.6) is 0 Å². The molecule has 0 bridgehead atoms. The SMILES string of the molecule is Cc1cccc(NC(=O)[C@@H]2CCCN(S(=O)(=O)c3ccc4c(c3)C(C)(C)C(=O)N4C)C2)c1C. The van der Waals surface area contributed by atoms with Gasteiger partial charge < -0.3 is 10.2 Å². The van der Waals surface area contributed by atoms with Crippen molar-refractivity contribution in [3.63, 3.8) is 0 Å². The molecule has 2 heterocycles. The second kappa shape index (κ2) is 8.25. The fraction of sp³-hybridized carbons (Fsp3) is 0.440. The van der Waals surface area contributed by atoms with E-state index in [-0.39, 0.29) is 23.3 Å². The van der Waals surface area contributed by atoms with Gasteiger partial charge in [-0.2, -0.15) is 4.31 Å². The third-order valence-electron chi connectivity index (χ3n) is 7.10. The summed E-state index contributed by atoms with van der Waals surface area (Å²) >= 11 is 0. The van der Waals surface area contributed by atoms with E-state index >= 15 is 0 Å². The number of rotatable bonds is 4. The number of hydrogen-bond acceptors (Lipinski definition) is 4. The number of nitrogens with one attached hydrogen (secondary N) is 1. The number of anilines is 2. The van der Waals surface area contributed by atoms with E-state index in [2.05, 4.69) is 5.32 Å². The highest BCUT2D eigenvalue weighted by Crippen LogP contribution is 2.42. The number of likely N-dealkylation sites (N-methyl/N-ethyl adjacent to an activating group) is 1. The third kappa shape index (κ3) is 3.95. The predicted molar refractivity (Wildman–Crippen MR) is 129 cm³/mol. The van der Waals surface area contributed by atoms with Gasteiger partial charge in [-0.1, -0.05) is 12.1 Å². The van der Waals surface area contributed by atoms with Crippen molar-refractivity contribution in [1.82, 2.24) is 4.31 Å². The van der Waals surface area contributed by atoms with Crippen molar-refractivity contribution in [1.29, 1.82) is 0 Å². The monoisotopic (exact) mass is 469 g/mol. The van der Waals surface area contributed by atoms with Crippen LogP contribution in [0.25, 0.3) is 0 Å². The van der Waals surface area contributed by atoms with Crippen LogP contribution in [0.1, 0.15) is 43.4 Å². The van der Waals surface area contributed by atoms with E-state index in [1.165, 1.54) is 4.31 Å². The molecule has 0 aromatic heterocycles. The Morgan fingerprint density at radius 3 is 2.61 bits per heavy atom. The highest BCUT2D eigenvalue weighted by molar-refractivity contribution is 7.89. The van der Waals surface area contributed by atoms with Crippen molar-refractivity contribution < 1.29 is 18.0 Å². The molecule has 0 unspecified atom stereocenters. The maximum Gasteiger partial charge on any atom is 0.243 e. The predicted octanol–water partition coefficient (Wildman–Crippen LogP) is 3.60. The van der Waals surface area contributed by atoms with Gasteiger partial charge in [0.15, 0.2) is 0 Å². The van der Waals surface area contributed by atoms with Gasteiger partial charge in [0.1, 0.15) is 0 Å². The first kappa shape index (κ1) is 23.4. The van der Waals surface area contributed by atoms with Crippen LogP contribution < -0.4 is 10.2 Å². The molecule has 1 fully saturated rings. The molecule has 1 N–H and O–H groups in total. The summed E-state index contributed by atoms with van der Waals surface area (Å²) < 4.78 is 28.4. The molecule has 1 atom stereocenters. The van der Waals surface area contributed by atoms with E-state index in [9.17, 15) is 18.0 Å². The lowest BCUT2D eigenvalue weighted by Gasteiger charge is -2.31. The summed E-state index contributed by atoms with van der Waals surface area (Å²) in [4.78, 5) is 27.3. The molecule has 33 heavy (non-hydrogen) atoms. The molecule has 2 aromatic rings. The van der Waals surface area contributed by atoms with Crippen molar-refractivity contribution >= 4 is 33.2 Å². The van der Waals surface area contributed by atoms with Gasteiger partial charge in [0.25, 0.3) is 0 Å². The van der Waals surface area contributed by atoms with Gasteiger partial charge in [0, 0.05) is 31.5 Å². The number of sulfonamides is 1. The van der Waals surface area contributed by atoms with Crippen LogP contribution >= 0.6 is 0 Å². The lowest BCUT2D eigenvalue weighted by molar-refractivity contribution is -0.122. The molecule has 0 saturated carbocycles. The molecule has 2 aromatic carbocycles. The highest BCUT2D eigenvalue weighted by atomic mass is 32.2. The molecule has 0 aliphatic carbocycles. The van der Waals surface area contributed by atoms with Gasteiger partial charge >= 0.3 is 0 Å². The standard InChI is InChI=1S/C25H31N3O4S/c1-16-8-6-10-21(17(16)2)26-23(29)18-9-7-13-28(15-18)33(31,32)19-11-12-22-20(14-19)25(3,4)24(30)27(22)5/h6,8,10-12,14,18H,7,9,13,15H2,1-5H3,(H,26,29)/t18-/m1/s1. The van der Waals surface area contributed by atoms with E-state index in [4.69, 9.17) is 0 Å². The van der Waals surface area contributed by atoms with Crippen LogP contribution in [-0.2, 0) is 25.0 Å². The molecule has 2 aliphatic heterocycles. The number of carbonyl (C=O) groups excluding carboxylic acids is 2. The number of benzene rings is 2. The largest absolute Gasteiger partial charge is 0.326 e. The Kier molecular flexibility index (Phi) is 5.87. The summed E-state index contributed by atoms with van der Waals surface area (Å²) in [6, 6.07) is 10.6. The number of carbonyl (C=O) groups is 2. The Balaban J connectivity index is 1.56. The number of fused-ring (bicyclic) bond motifs is 1. The minimum Gasteiger partial charge on any atom is -0.326 e. The normalized spacial score (nSPS) is 20.6. The maximum absolute atomic E-state index is 13.5. The average Bonchev–Trinajstić information content (AvgIpc) is 2.96. The van der Waals surface area contributed by atoms with Crippen LogP contribution in [0.3, 0.4) is 0 Å². The summed E-state index contributed by atoms with van der Waals surface area (Å²) in [7, 11) is -2.10. The average molecular weight is 470 g/mol. The smallest absolute Gasteiger partial charge is 0.243 e. The van der Waals surface area contributed by atoms with Gasteiger partial charge in [0.05, 0.1) is 16.2 Å². The van der Waals surface area contributed by atoms with Gasteiger partial charge in [-0.3, -0.25) is 9.59 Å². The number of aryl methyl sites for hydroxylation is 1. The Hall–Kier alpha value is -2.71. The summed E-state index contributed by atoms with van der Waals surface area (Å²) in [5.74, 6) is -0.647. The molecule has 8 heteroatoms. The number of hydrogen-bond donors (Lipinski definition) is 1. The molecule has 176 valence electrons. The number of piperidine rings is 1. The van der Waals surface area contributed by atoms with E-state index in [0.29, 0.717) is 24.9 Å². The quantitative estimate of drug-likeness (QED) is 0.741. The van der Waals surface area contributed by atoms with Gasteiger partial charge in [-0.05, 0) is 81.5 Å². The second-order valence-corrected chi connectivity index (χ2v) is 11.5.